The topological polar surface area (TPSA) is 76.4 Å². The molecule has 43 heavy (non-hydrogen) atoms. The highest BCUT2D eigenvalue weighted by molar-refractivity contribution is 7.07. The molecule has 2 aromatic heterocycles. The number of nitrogens with zero attached hydrogens (tertiary/aromatic N) is 2. The fourth-order valence-corrected chi connectivity index (χ4v) is 6.65. The van der Waals surface area contributed by atoms with Gasteiger partial charge in [0.15, 0.2) is 4.80 Å². The summed E-state index contributed by atoms with van der Waals surface area (Å²) < 4.78 is 7.73. The van der Waals surface area contributed by atoms with Crippen molar-refractivity contribution in [1.29, 1.82) is 0 Å². The summed E-state index contributed by atoms with van der Waals surface area (Å²) in [6.45, 7) is 1.98. The number of aromatic nitrogens is 2. The van der Waals surface area contributed by atoms with Gasteiger partial charge in [0.1, 0.15) is 0 Å². The van der Waals surface area contributed by atoms with Crippen LogP contribution in [0.5, 0.6) is 0 Å². The van der Waals surface area contributed by atoms with Gasteiger partial charge in [0.25, 0.3) is 5.56 Å². The molecule has 7 heteroatoms. The van der Waals surface area contributed by atoms with Crippen LogP contribution in [0.3, 0.4) is 0 Å². The average Bonchev–Trinajstić information content (AvgIpc) is 3.58. The number of carbonyl (C=O) groups excluding carboxylic acids is 1. The molecule has 0 bridgehead atoms. The van der Waals surface area contributed by atoms with E-state index in [0.29, 0.717) is 20.6 Å². The molecular weight excluding hydrogens is 554 g/mol. The summed E-state index contributed by atoms with van der Waals surface area (Å²) in [4.78, 5) is 37.0. The van der Waals surface area contributed by atoms with Crippen LogP contribution in [0.25, 0.3) is 33.9 Å². The fraction of sp³-hybridized carbons (Fsp3) is 0.0833. The Bertz CT molecular complexity index is 2180. The maximum atomic E-state index is 14.4. The molecule has 6 aromatic rings. The second kappa shape index (κ2) is 11.2. The largest absolute Gasteiger partial charge is 0.463 e. The number of hydrogen-bond donors (Lipinski definition) is 1. The lowest BCUT2D eigenvalue weighted by atomic mass is 9.93. The number of esters is 1. The molecule has 3 heterocycles. The van der Waals surface area contributed by atoms with Gasteiger partial charge in [0.05, 0.1) is 34.1 Å². The van der Waals surface area contributed by atoms with E-state index in [9.17, 15) is 9.59 Å². The van der Waals surface area contributed by atoms with Crippen LogP contribution >= 0.6 is 11.3 Å². The maximum absolute atomic E-state index is 14.4. The molecule has 1 aliphatic rings. The van der Waals surface area contributed by atoms with Gasteiger partial charge in [-0.2, -0.15) is 0 Å². The highest BCUT2D eigenvalue weighted by Gasteiger charge is 2.35. The monoisotopic (exact) mass is 581 g/mol. The van der Waals surface area contributed by atoms with E-state index >= 15 is 0 Å². The van der Waals surface area contributed by atoms with Gasteiger partial charge in [-0.15, -0.1) is 0 Å². The van der Waals surface area contributed by atoms with Crippen LogP contribution in [0.15, 0.2) is 131 Å². The number of H-pyrrole nitrogens is 1. The van der Waals surface area contributed by atoms with Crippen molar-refractivity contribution in [3.63, 3.8) is 0 Å². The molecule has 0 spiro atoms. The van der Waals surface area contributed by atoms with Crippen LogP contribution < -0.4 is 14.9 Å². The summed E-state index contributed by atoms with van der Waals surface area (Å²) in [6, 6.07) is 36.7. The molecule has 1 atom stereocenters. The van der Waals surface area contributed by atoms with Gasteiger partial charge in [-0.3, -0.25) is 9.36 Å². The Morgan fingerprint density at radius 3 is 2.21 bits per heavy atom. The summed E-state index contributed by atoms with van der Waals surface area (Å²) >= 11 is 1.32. The molecule has 7 rings (SSSR count). The van der Waals surface area contributed by atoms with Crippen molar-refractivity contribution < 1.29 is 9.53 Å². The first-order chi connectivity index (χ1) is 21.1. The minimum atomic E-state index is -0.703. The van der Waals surface area contributed by atoms with Gasteiger partial charge >= 0.3 is 5.97 Å². The number of hydrogen-bond acceptors (Lipinski definition) is 5. The van der Waals surface area contributed by atoms with Crippen molar-refractivity contribution >= 4 is 40.0 Å². The molecule has 0 amide bonds. The van der Waals surface area contributed by atoms with Crippen molar-refractivity contribution in [1.82, 2.24) is 9.55 Å². The number of ether oxygens (including phenoxy) is 1. The van der Waals surface area contributed by atoms with Crippen molar-refractivity contribution in [3.05, 3.63) is 157 Å². The smallest absolute Gasteiger partial charge is 0.338 e. The summed E-state index contributed by atoms with van der Waals surface area (Å²) in [5.74, 6) is -0.490. The molecule has 0 saturated carbocycles. The first-order valence-electron chi connectivity index (χ1n) is 14.1. The van der Waals surface area contributed by atoms with Gasteiger partial charge in [-0.1, -0.05) is 121 Å². The van der Waals surface area contributed by atoms with Crippen molar-refractivity contribution in [2.24, 2.45) is 4.99 Å². The predicted octanol–water partition coefficient (Wildman–Crippen LogP) is 6.08. The second-order valence-corrected chi connectivity index (χ2v) is 11.2. The number of benzene rings is 4. The van der Waals surface area contributed by atoms with Gasteiger partial charge in [0.2, 0.25) is 0 Å². The Kier molecular flexibility index (Phi) is 6.93. The average molecular weight is 582 g/mol. The molecule has 4 aromatic carbocycles. The van der Waals surface area contributed by atoms with Gasteiger partial charge in [0, 0.05) is 22.0 Å². The predicted molar refractivity (Wildman–Crippen MR) is 171 cm³/mol. The SMILES string of the molecule is CCOC(=O)C1=C(c2ccccc2)N=c2s/c(=C/c3c(-c4ccccc4)[nH]c4ccccc34)c(=O)n2[C@@H]1c1ccccc1. The Balaban J connectivity index is 1.53. The van der Waals surface area contributed by atoms with Crippen molar-refractivity contribution in [3.8, 4) is 11.3 Å². The van der Waals surface area contributed by atoms with Gasteiger partial charge in [-0.25, -0.2) is 9.79 Å². The third-order valence-corrected chi connectivity index (χ3v) is 8.56. The zero-order valence-corrected chi connectivity index (χ0v) is 24.2. The maximum Gasteiger partial charge on any atom is 0.338 e. The van der Waals surface area contributed by atoms with E-state index in [2.05, 4.69) is 23.2 Å². The van der Waals surface area contributed by atoms with E-state index in [0.717, 1.165) is 38.9 Å². The fourth-order valence-electron chi connectivity index (χ4n) is 5.67. The highest BCUT2D eigenvalue weighted by atomic mass is 32.1. The van der Waals surface area contributed by atoms with Crippen LogP contribution in [-0.4, -0.2) is 22.1 Å². The van der Waals surface area contributed by atoms with Crippen LogP contribution in [0, 0.1) is 0 Å². The zero-order valence-electron chi connectivity index (χ0n) is 23.4. The molecule has 1 N–H and O–H groups in total. The summed E-state index contributed by atoms with van der Waals surface area (Å²) in [6.07, 6.45) is 1.95. The third kappa shape index (κ3) is 4.73. The Labute approximate surface area is 251 Å². The summed E-state index contributed by atoms with van der Waals surface area (Å²) in [5, 5.41) is 1.02. The van der Waals surface area contributed by atoms with E-state index in [1.165, 1.54) is 11.3 Å². The second-order valence-electron chi connectivity index (χ2n) is 10.2. The quantitative estimate of drug-likeness (QED) is 0.242. The van der Waals surface area contributed by atoms with E-state index in [4.69, 9.17) is 9.73 Å². The Morgan fingerprint density at radius 1 is 0.884 bits per heavy atom. The minimum absolute atomic E-state index is 0.207. The number of carbonyl (C=O) groups is 1. The van der Waals surface area contributed by atoms with E-state index in [-0.39, 0.29) is 12.2 Å². The van der Waals surface area contributed by atoms with Gasteiger partial charge < -0.3 is 9.72 Å². The lowest BCUT2D eigenvalue weighted by molar-refractivity contribution is -0.138. The van der Waals surface area contributed by atoms with E-state index in [1.54, 1.807) is 11.5 Å². The van der Waals surface area contributed by atoms with Crippen LogP contribution in [0.1, 0.15) is 29.7 Å². The molecule has 0 saturated heterocycles. The number of fused-ring (bicyclic) bond motifs is 2. The molecule has 210 valence electrons. The minimum Gasteiger partial charge on any atom is -0.463 e. The zero-order chi connectivity index (χ0) is 29.3. The lowest BCUT2D eigenvalue weighted by Crippen LogP contribution is -2.40. The van der Waals surface area contributed by atoms with Crippen LogP contribution in [-0.2, 0) is 9.53 Å². The number of thiazole rings is 1. The highest BCUT2D eigenvalue weighted by Crippen LogP contribution is 2.35. The molecule has 0 radical (unpaired) electrons. The summed E-state index contributed by atoms with van der Waals surface area (Å²) in [7, 11) is 0. The van der Waals surface area contributed by atoms with Crippen LogP contribution in [0.4, 0.5) is 0 Å². The molecular formula is C36H27N3O3S. The van der Waals surface area contributed by atoms with E-state index < -0.39 is 12.0 Å². The lowest BCUT2D eigenvalue weighted by Gasteiger charge is -2.25. The number of para-hydroxylation sites is 1. The molecule has 0 fully saturated rings. The van der Waals surface area contributed by atoms with Gasteiger partial charge in [-0.05, 0) is 30.2 Å². The molecule has 0 aliphatic carbocycles. The van der Waals surface area contributed by atoms with Crippen molar-refractivity contribution in [2.45, 2.75) is 13.0 Å². The summed E-state index contributed by atoms with van der Waals surface area (Å²) in [5.41, 5.74) is 6.10. The first kappa shape index (κ1) is 26.6. The number of rotatable bonds is 6. The van der Waals surface area contributed by atoms with Crippen LogP contribution in [0.2, 0.25) is 0 Å². The molecule has 6 nitrogen and oxygen atoms in total. The Morgan fingerprint density at radius 2 is 1.51 bits per heavy atom. The van der Waals surface area contributed by atoms with Crippen molar-refractivity contribution in [2.75, 3.05) is 6.61 Å². The molecule has 0 unspecified atom stereocenters. The Hall–Kier alpha value is -5.27. The van der Waals surface area contributed by atoms with E-state index in [1.807, 2.05) is 103 Å². The standard InChI is InChI=1S/C36H27N3O3S/c1-2-42-35(41)30-32(24-16-8-4-9-17-24)38-36-39(33(30)25-18-10-5-11-19-25)34(40)29(43-36)22-27-26-20-12-13-21-28(26)37-31(27)23-14-6-3-7-15-23/h3-22,33,37H,2H2,1H3/b29-22+/t33-/m1/s1. The normalized spacial score (nSPS) is 14.9. The third-order valence-electron chi connectivity index (χ3n) is 7.57. The number of nitrogens with one attached hydrogen (secondary N) is 1. The first-order valence-corrected chi connectivity index (χ1v) is 14.9. The number of aromatic amines is 1. The molecule has 1 aliphatic heterocycles.